The minimum Gasteiger partial charge on any atom is -0.263 e. The SMILES string of the molecule is N#Cc1ccc(Cl)c(S(=O)(=O)Nc2ccc(Br)cn2)c1. The molecule has 0 aliphatic rings. The van der Waals surface area contributed by atoms with Gasteiger partial charge in [-0.1, -0.05) is 11.6 Å². The first-order chi connectivity index (χ1) is 9.42. The summed E-state index contributed by atoms with van der Waals surface area (Å²) in [6, 6.07) is 9.04. The van der Waals surface area contributed by atoms with E-state index in [1.54, 1.807) is 6.07 Å². The highest BCUT2D eigenvalue weighted by molar-refractivity contribution is 9.10. The molecular formula is C12H7BrClN3O2S. The molecule has 0 saturated carbocycles. The molecule has 2 rings (SSSR count). The van der Waals surface area contributed by atoms with Crippen LogP contribution in [0.2, 0.25) is 5.02 Å². The number of pyridine rings is 1. The third-order valence-electron chi connectivity index (χ3n) is 2.32. The molecule has 1 N–H and O–H groups in total. The predicted octanol–water partition coefficient (Wildman–Crippen LogP) is 3.17. The van der Waals surface area contributed by atoms with E-state index in [9.17, 15) is 8.42 Å². The van der Waals surface area contributed by atoms with Crippen molar-refractivity contribution in [3.63, 3.8) is 0 Å². The minimum atomic E-state index is -3.90. The van der Waals surface area contributed by atoms with Crippen LogP contribution in [0, 0.1) is 11.3 Å². The molecule has 0 spiro atoms. The second-order valence-electron chi connectivity index (χ2n) is 3.72. The van der Waals surface area contributed by atoms with Crippen LogP contribution in [0.25, 0.3) is 0 Å². The van der Waals surface area contributed by atoms with Crippen molar-refractivity contribution in [3.8, 4) is 6.07 Å². The Morgan fingerprint density at radius 1 is 1.30 bits per heavy atom. The summed E-state index contributed by atoms with van der Waals surface area (Å²) < 4.78 is 27.5. The Kier molecular flexibility index (Phi) is 4.28. The molecule has 5 nitrogen and oxygen atoms in total. The van der Waals surface area contributed by atoms with Crippen LogP contribution < -0.4 is 4.72 Å². The van der Waals surface area contributed by atoms with E-state index in [-0.39, 0.29) is 21.3 Å². The first-order valence-corrected chi connectivity index (χ1v) is 7.92. The fourth-order valence-electron chi connectivity index (χ4n) is 1.41. The van der Waals surface area contributed by atoms with Crippen molar-refractivity contribution in [2.24, 2.45) is 0 Å². The van der Waals surface area contributed by atoms with Crippen molar-refractivity contribution >= 4 is 43.4 Å². The maximum Gasteiger partial charge on any atom is 0.264 e. The molecule has 0 amide bonds. The molecule has 8 heteroatoms. The normalized spacial score (nSPS) is 10.8. The monoisotopic (exact) mass is 371 g/mol. The van der Waals surface area contributed by atoms with Gasteiger partial charge in [-0.25, -0.2) is 13.4 Å². The third kappa shape index (κ3) is 3.28. The van der Waals surface area contributed by atoms with Gasteiger partial charge in [0.15, 0.2) is 0 Å². The summed E-state index contributed by atoms with van der Waals surface area (Å²) >= 11 is 9.08. The first-order valence-electron chi connectivity index (χ1n) is 5.26. The molecule has 0 radical (unpaired) electrons. The van der Waals surface area contributed by atoms with E-state index >= 15 is 0 Å². The quantitative estimate of drug-likeness (QED) is 0.897. The number of rotatable bonds is 3. The summed E-state index contributed by atoms with van der Waals surface area (Å²) in [7, 11) is -3.90. The van der Waals surface area contributed by atoms with Gasteiger partial charge in [0.05, 0.1) is 16.7 Å². The number of hydrogen-bond donors (Lipinski definition) is 1. The third-order valence-corrected chi connectivity index (χ3v) is 4.62. The molecule has 0 fully saturated rings. The van der Waals surface area contributed by atoms with Crippen LogP contribution in [-0.4, -0.2) is 13.4 Å². The lowest BCUT2D eigenvalue weighted by Gasteiger charge is -2.09. The molecular weight excluding hydrogens is 366 g/mol. The number of nitrogens with one attached hydrogen (secondary N) is 1. The highest BCUT2D eigenvalue weighted by atomic mass is 79.9. The van der Waals surface area contributed by atoms with Gasteiger partial charge in [0, 0.05) is 10.7 Å². The Bertz CT molecular complexity index is 785. The molecule has 0 atom stereocenters. The molecule has 1 heterocycles. The van der Waals surface area contributed by atoms with Gasteiger partial charge in [0.1, 0.15) is 10.7 Å². The van der Waals surface area contributed by atoms with Crippen LogP contribution in [-0.2, 0) is 10.0 Å². The Balaban J connectivity index is 2.40. The number of hydrogen-bond acceptors (Lipinski definition) is 4. The molecule has 0 aliphatic carbocycles. The Hall–Kier alpha value is -1.62. The van der Waals surface area contributed by atoms with Crippen LogP contribution in [0.4, 0.5) is 5.82 Å². The molecule has 20 heavy (non-hydrogen) atoms. The van der Waals surface area contributed by atoms with Gasteiger partial charge in [-0.3, -0.25) is 4.72 Å². The van der Waals surface area contributed by atoms with Crippen LogP contribution in [0.1, 0.15) is 5.56 Å². The van der Waals surface area contributed by atoms with Crippen molar-refractivity contribution < 1.29 is 8.42 Å². The van der Waals surface area contributed by atoms with Crippen molar-refractivity contribution in [3.05, 3.63) is 51.6 Å². The molecule has 0 saturated heterocycles. The van der Waals surface area contributed by atoms with Crippen LogP contribution in [0.5, 0.6) is 0 Å². The number of halogens is 2. The van der Waals surface area contributed by atoms with Crippen molar-refractivity contribution in [2.45, 2.75) is 4.90 Å². The van der Waals surface area contributed by atoms with Gasteiger partial charge < -0.3 is 0 Å². The van der Waals surface area contributed by atoms with Gasteiger partial charge >= 0.3 is 0 Å². The lowest BCUT2D eigenvalue weighted by atomic mass is 10.2. The summed E-state index contributed by atoms with van der Waals surface area (Å²) in [5, 5.41) is 8.85. The van der Waals surface area contributed by atoms with Crippen LogP contribution in [0.3, 0.4) is 0 Å². The van der Waals surface area contributed by atoms with E-state index in [2.05, 4.69) is 25.6 Å². The summed E-state index contributed by atoms with van der Waals surface area (Å²) in [5.41, 5.74) is 0.207. The van der Waals surface area contributed by atoms with E-state index in [4.69, 9.17) is 16.9 Å². The molecule has 102 valence electrons. The average molecular weight is 373 g/mol. The van der Waals surface area contributed by atoms with Gasteiger partial charge in [-0.15, -0.1) is 0 Å². The maximum absolute atomic E-state index is 12.2. The number of sulfonamides is 1. The summed E-state index contributed by atoms with van der Waals surface area (Å²) in [4.78, 5) is 3.75. The number of nitriles is 1. The smallest absolute Gasteiger partial charge is 0.263 e. The van der Waals surface area contributed by atoms with E-state index in [1.807, 2.05) is 6.07 Å². The van der Waals surface area contributed by atoms with Crippen LogP contribution in [0.15, 0.2) is 45.9 Å². The fourth-order valence-corrected chi connectivity index (χ4v) is 3.18. The maximum atomic E-state index is 12.2. The highest BCUT2D eigenvalue weighted by Crippen LogP contribution is 2.24. The Morgan fingerprint density at radius 2 is 2.05 bits per heavy atom. The van der Waals surface area contributed by atoms with Crippen molar-refractivity contribution in [2.75, 3.05) is 4.72 Å². The average Bonchev–Trinajstić information content (AvgIpc) is 2.41. The summed E-state index contributed by atoms with van der Waals surface area (Å²) in [5.74, 6) is 0.159. The zero-order valence-electron chi connectivity index (χ0n) is 9.84. The zero-order valence-corrected chi connectivity index (χ0v) is 13.0. The standard InChI is InChI=1S/C12H7BrClN3O2S/c13-9-2-4-12(16-7-9)17-20(18,19)11-5-8(6-15)1-3-10(11)14/h1-5,7H,(H,16,17). The molecule has 2 aromatic rings. The largest absolute Gasteiger partial charge is 0.264 e. The first kappa shape index (κ1) is 14.8. The van der Waals surface area contributed by atoms with Crippen LogP contribution >= 0.6 is 27.5 Å². The van der Waals surface area contributed by atoms with E-state index in [0.29, 0.717) is 0 Å². The number of benzene rings is 1. The number of anilines is 1. The minimum absolute atomic E-state index is 0.0358. The summed E-state index contributed by atoms with van der Waals surface area (Å²) in [6.45, 7) is 0. The lowest BCUT2D eigenvalue weighted by molar-refractivity contribution is 0.601. The molecule has 1 aromatic carbocycles. The van der Waals surface area contributed by atoms with Crippen molar-refractivity contribution in [1.82, 2.24) is 4.98 Å². The number of aromatic nitrogens is 1. The van der Waals surface area contributed by atoms with Crippen molar-refractivity contribution in [1.29, 1.82) is 5.26 Å². The lowest BCUT2D eigenvalue weighted by Crippen LogP contribution is -2.14. The predicted molar refractivity (Wildman–Crippen MR) is 78.9 cm³/mol. The van der Waals surface area contributed by atoms with E-state index < -0.39 is 10.0 Å². The second-order valence-corrected chi connectivity index (χ2v) is 6.70. The van der Waals surface area contributed by atoms with Gasteiger partial charge in [-0.05, 0) is 46.3 Å². The molecule has 0 bridgehead atoms. The fraction of sp³-hybridized carbons (Fsp3) is 0. The van der Waals surface area contributed by atoms with Gasteiger partial charge in [-0.2, -0.15) is 5.26 Å². The second kappa shape index (κ2) is 5.79. The Morgan fingerprint density at radius 3 is 2.65 bits per heavy atom. The van der Waals surface area contributed by atoms with E-state index in [0.717, 1.165) is 4.47 Å². The van der Waals surface area contributed by atoms with Gasteiger partial charge in [0.25, 0.3) is 10.0 Å². The zero-order chi connectivity index (χ0) is 14.8. The molecule has 0 unspecified atom stereocenters. The molecule has 0 aliphatic heterocycles. The topological polar surface area (TPSA) is 82.8 Å². The van der Waals surface area contributed by atoms with E-state index in [1.165, 1.54) is 30.5 Å². The van der Waals surface area contributed by atoms with Gasteiger partial charge in [0.2, 0.25) is 0 Å². The Labute approximate surface area is 129 Å². The summed E-state index contributed by atoms with van der Waals surface area (Å²) in [6.07, 6.45) is 1.46. The highest BCUT2D eigenvalue weighted by Gasteiger charge is 2.19. The number of nitrogens with zero attached hydrogens (tertiary/aromatic N) is 2. The molecule has 1 aromatic heterocycles.